The van der Waals surface area contributed by atoms with Crippen LogP contribution in [0, 0.1) is 5.41 Å². The van der Waals surface area contributed by atoms with E-state index < -0.39 is 37.1 Å². The number of carbonyl (C=O) groups is 3. The number of benzene rings is 2. The lowest BCUT2D eigenvalue weighted by Crippen LogP contribution is -2.57. The molecule has 0 unspecified atom stereocenters. The molecular weight excluding hydrogens is 497 g/mol. The molecule has 37 heavy (non-hydrogen) atoms. The maximum atomic E-state index is 13.1. The van der Waals surface area contributed by atoms with E-state index >= 15 is 0 Å². The molecule has 2 aromatic rings. The van der Waals surface area contributed by atoms with Crippen molar-refractivity contribution >= 4 is 36.8 Å². The summed E-state index contributed by atoms with van der Waals surface area (Å²) in [7, 11) is -3.04. The van der Waals surface area contributed by atoms with Crippen molar-refractivity contribution in [1.82, 2.24) is 10.6 Å². The average Bonchev–Trinajstić information content (AvgIpc) is 2.80. The van der Waals surface area contributed by atoms with E-state index in [4.69, 9.17) is 9.79 Å². The topological polar surface area (TPSA) is 145 Å². The fraction of sp³-hybridized carbons (Fsp3) is 0.346. The van der Waals surface area contributed by atoms with Gasteiger partial charge in [-0.3, -0.25) is 24.2 Å². The molecule has 0 bridgehead atoms. The lowest BCUT2D eigenvalue weighted by molar-refractivity contribution is -0.132. The molecule has 0 aliphatic heterocycles. The van der Waals surface area contributed by atoms with E-state index in [0.29, 0.717) is 16.8 Å². The Hall–Kier alpha value is -3.46. The zero-order chi connectivity index (χ0) is 28.0. The average molecular weight is 532 g/mol. The van der Waals surface area contributed by atoms with Crippen LogP contribution in [0.5, 0.6) is 5.75 Å². The number of rotatable bonds is 9. The van der Waals surface area contributed by atoms with Gasteiger partial charge in [-0.2, -0.15) is 0 Å². The molecule has 11 heteroatoms. The Labute approximate surface area is 217 Å². The van der Waals surface area contributed by atoms with Crippen LogP contribution in [0.15, 0.2) is 60.7 Å². The molecule has 3 amide bonds. The maximum Gasteiger partial charge on any atom is 0.524 e. The summed E-state index contributed by atoms with van der Waals surface area (Å²) in [5.41, 5.74) is 1.21. The molecule has 4 N–H and O–H groups in total. The lowest BCUT2D eigenvalue weighted by Gasteiger charge is -2.31. The van der Waals surface area contributed by atoms with Crippen molar-refractivity contribution in [1.29, 1.82) is 0 Å². The quantitative estimate of drug-likeness (QED) is 0.287. The van der Waals surface area contributed by atoms with Gasteiger partial charge in [0, 0.05) is 18.8 Å². The van der Waals surface area contributed by atoms with E-state index in [-0.39, 0.29) is 11.7 Å². The van der Waals surface area contributed by atoms with Crippen LogP contribution < -0.4 is 20.1 Å². The van der Waals surface area contributed by atoms with Gasteiger partial charge < -0.3 is 20.1 Å². The molecule has 0 aliphatic carbocycles. The lowest BCUT2D eigenvalue weighted by atomic mass is 9.86. The maximum absolute atomic E-state index is 13.1. The molecule has 0 saturated carbocycles. The van der Waals surface area contributed by atoms with Crippen molar-refractivity contribution < 1.29 is 33.3 Å². The summed E-state index contributed by atoms with van der Waals surface area (Å²) in [6, 6.07) is 13.1. The highest BCUT2D eigenvalue weighted by atomic mass is 31.2. The van der Waals surface area contributed by atoms with Crippen LogP contribution in [0.4, 0.5) is 5.69 Å². The number of nitrogens with zero attached hydrogens (tertiary/aromatic N) is 1. The fourth-order valence-corrected chi connectivity index (χ4v) is 3.88. The zero-order valence-corrected chi connectivity index (χ0v) is 22.7. The van der Waals surface area contributed by atoms with E-state index in [9.17, 15) is 18.9 Å². The summed E-state index contributed by atoms with van der Waals surface area (Å²) in [6.07, 6.45) is 1.32. The number of para-hydroxylation sites is 1. The minimum atomic E-state index is -4.67. The van der Waals surface area contributed by atoms with Crippen LogP contribution >= 0.6 is 7.82 Å². The molecule has 0 spiro atoms. The Morgan fingerprint density at radius 3 is 2.08 bits per heavy atom. The van der Waals surface area contributed by atoms with Gasteiger partial charge in [0.1, 0.15) is 17.8 Å². The third-order valence-electron chi connectivity index (χ3n) is 5.50. The normalized spacial score (nSPS) is 13.8. The SMILES string of the molecule is C/C(=C\C(=O)N[C@H](C(=O)N[C@@H](C)C(=O)N(C)c1ccccc1)C(C)(C)C)c1ccc(OP(=O)(O)O)cc1. The summed E-state index contributed by atoms with van der Waals surface area (Å²) in [4.78, 5) is 58.0. The number of hydrogen-bond donors (Lipinski definition) is 4. The second kappa shape index (κ2) is 12.2. The van der Waals surface area contributed by atoms with Crippen LogP contribution in [0.1, 0.15) is 40.2 Å². The van der Waals surface area contributed by atoms with E-state index in [1.54, 1.807) is 65.9 Å². The molecule has 200 valence electrons. The van der Waals surface area contributed by atoms with Crippen LogP contribution in [-0.4, -0.2) is 46.6 Å². The van der Waals surface area contributed by atoms with Crippen molar-refractivity contribution in [2.75, 3.05) is 11.9 Å². The number of anilines is 1. The van der Waals surface area contributed by atoms with E-state index in [1.165, 1.54) is 23.1 Å². The third kappa shape index (κ3) is 9.17. The largest absolute Gasteiger partial charge is 0.524 e. The number of amides is 3. The van der Waals surface area contributed by atoms with Crippen molar-refractivity contribution in [3.63, 3.8) is 0 Å². The summed E-state index contributed by atoms with van der Waals surface area (Å²) in [5, 5.41) is 5.43. The molecule has 0 radical (unpaired) electrons. The summed E-state index contributed by atoms with van der Waals surface area (Å²) < 4.78 is 15.5. The summed E-state index contributed by atoms with van der Waals surface area (Å²) >= 11 is 0. The number of allylic oxidation sites excluding steroid dienone is 1. The minimum absolute atomic E-state index is 0.0135. The number of hydrogen-bond acceptors (Lipinski definition) is 5. The van der Waals surface area contributed by atoms with Crippen molar-refractivity contribution in [2.24, 2.45) is 5.41 Å². The van der Waals surface area contributed by atoms with Crippen LogP contribution in [0.3, 0.4) is 0 Å². The van der Waals surface area contributed by atoms with Gasteiger partial charge in [-0.15, -0.1) is 0 Å². The Morgan fingerprint density at radius 2 is 1.57 bits per heavy atom. The highest BCUT2D eigenvalue weighted by Gasteiger charge is 2.34. The Bertz CT molecular complexity index is 1180. The van der Waals surface area contributed by atoms with Gasteiger partial charge in [0.05, 0.1) is 0 Å². The van der Waals surface area contributed by atoms with Gasteiger partial charge in [-0.25, -0.2) is 4.57 Å². The zero-order valence-electron chi connectivity index (χ0n) is 21.8. The van der Waals surface area contributed by atoms with Gasteiger partial charge in [0.15, 0.2) is 0 Å². The molecule has 0 heterocycles. The number of phosphoric acid groups is 1. The minimum Gasteiger partial charge on any atom is -0.404 e. The van der Waals surface area contributed by atoms with E-state index in [2.05, 4.69) is 15.2 Å². The highest BCUT2D eigenvalue weighted by Crippen LogP contribution is 2.37. The monoisotopic (exact) mass is 531 g/mol. The molecule has 2 rings (SSSR count). The molecule has 2 atom stereocenters. The van der Waals surface area contributed by atoms with E-state index in [1.807, 2.05) is 18.2 Å². The van der Waals surface area contributed by atoms with Crippen molar-refractivity contribution in [3.8, 4) is 5.75 Å². The molecule has 2 aromatic carbocycles. The number of nitrogens with one attached hydrogen (secondary N) is 2. The molecule has 0 fully saturated rings. The Morgan fingerprint density at radius 1 is 1.00 bits per heavy atom. The second-order valence-corrected chi connectivity index (χ2v) is 10.9. The van der Waals surface area contributed by atoms with Gasteiger partial charge in [0.2, 0.25) is 17.7 Å². The van der Waals surface area contributed by atoms with Crippen molar-refractivity contribution in [3.05, 3.63) is 66.2 Å². The first-order valence-electron chi connectivity index (χ1n) is 11.6. The molecular formula is C26H34N3O7P. The van der Waals surface area contributed by atoms with Crippen LogP contribution in [0.2, 0.25) is 0 Å². The molecule has 0 aromatic heterocycles. The fourth-order valence-electron chi connectivity index (χ4n) is 3.48. The predicted octanol–water partition coefficient (Wildman–Crippen LogP) is 3.26. The molecule has 0 saturated heterocycles. The number of phosphoric ester groups is 1. The van der Waals surface area contributed by atoms with Gasteiger partial charge in [-0.1, -0.05) is 51.1 Å². The first-order valence-corrected chi connectivity index (χ1v) is 13.1. The highest BCUT2D eigenvalue weighted by molar-refractivity contribution is 7.46. The first-order chi connectivity index (χ1) is 17.1. The van der Waals surface area contributed by atoms with Crippen LogP contribution in [-0.2, 0) is 18.9 Å². The Kier molecular flexibility index (Phi) is 9.80. The predicted molar refractivity (Wildman–Crippen MR) is 142 cm³/mol. The van der Waals surface area contributed by atoms with Crippen molar-refractivity contribution in [2.45, 2.75) is 46.7 Å². The Balaban J connectivity index is 2.09. The van der Waals surface area contributed by atoms with Crippen LogP contribution in [0.25, 0.3) is 5.57 Å². The van der Waals surface area contributed by atoms with Gasteiger partial charge in [0.25, 0.3) is 0 Å². The molecule has 10 nitrogen and oxygen atoms in total. The standard InChI is InChI=1S/C26H34N3O7P/c1-17(19-12-14-21(15-13-19)36-37(33,34)35)16-22(30)28-23(26(3,4)5)24(31)27-18(2)25(32)29(6)20-10-8-7-9-11-20/h7-16,18,23H,1-6H3,(H,27,31)(H,28,30)(H2,33,34,35)/b17-16+/t18-,23+/m0/s1. The third-order valence-corrected chi connectivity index (χ3v) is 5.95. The summed E-state index contributed by atoms with van der Waals surface area (Å²) in [6.45, 7) is 8.68. The van der Waals surface area contributed by atoms with E-state index in [0.717, 1.165) is 0 Å². The molecule has 0 aliphatic rings. The number of likely N-dealkylation sites (N-methyl/N-ethyl adjacent to an activating group) is 1. The first kappa shape index (κ1) is 29.8. The van der Waals surface area contributed by atoms with Gasteiger partial charge in [-0.05, 0) is 54.7 Å². The van der Waals surface area contributed by atoms with Gasteiger partial charge >= 0.3 is 7.82 Å². The second-order valence-electron chi connectivity index (χ2n) is 9.70. The number of carbonyl (C=O) groups excluding carboxylic acids is 3. The smallest absolute Gasteiger partial charge is 0.404 e. The summed E-state index contributed by atoms with van der Waals surface area (Å²) in [5.74, 6) is -1.32.